The predicted molar refractivity (Wildman–Crippen MR) is 66.4 cm³/mol. The lowest BCUT2D eigenvalue weighted by molar-refractivity contribution is 0.0808. The highest BCUT2D eigenvalue weighted by atomic mass is 16.5. The molecule has 0 aliphatic rings. The molecule has 92 valence electrons. The zero-order valence-electron chi connectivity index (χ0n) is 10.9. The predicted octanol–water partition coefficient (Wildman–Crippen LogP) is 1.73. The summed E-state index contributed by atoms with van der Waals surface area (Å²) in [6.45, 7) is 15.0. The van der Waals surface area contributed by atoms with Crippen LogP contribution in [0.1, 0.15) is 34.1 Å². The largest absolute Gasteiger partial charge is 0.377 e. The summed E-state index contributed by atoms with van der Waals surface area (Å²) in [5.74, 6) is 0. The summed E-state index contributed by atoms with van der Waals surface area (Å²) in [7, 11) is 0. The molecule has 0 fully saturated rings. The van der Waals surface area contributed by atoms with Gasteiger partial charge in [0.05, 0.1) is 12.7 Å². The average Bonchev–Trinajstić information content (AvgIpc) is 2.22. The van der Waals surface area contributed by atoms with Gasteiger partial charge in [-0.2, -0.15) is 0 Å². The molecule has 3 heteroatoms. The zero-order chi connectivity index (χ0) is 11.5. The minimum atomic E-state index is 0.350. The van der Waals surface area contributed by atoms with Gasteiger partial charge in [-0.15, -0.1) is 0 Å². The van der Waals surface area contributed by atoms with Crippen LogP contribution in [-0.2, 0) is 4.74 Å². The molecule has 0 aromatic rings. The maximum absolute atomic E-state index is 5.44. The lowest BCUT2D eigenvalue weighted by Gasteiger charge is -2.17. The number of nitrogens with one attached hydrogen (secondary N) is 1. The second-order valence-electron chi connectivity index (χ2n) is 4.05. The van der Waals surface area contributed by atoms with E-state index in [9.17, 15) is 0 Å². The Kier molecular flexibility index (Phi) is 10.3. The fourth-order valence-corrected chi connectivity index (χ4v) is 1.46. The Morgan fingerprint density at radius 2 is 1.80 bits per heavy atom. The third kappa shape index (κ3) is 10.2. The highest BCUT2D eigenvalue weighted by molar-refractivity contribution is 4.54. The van der Waals surface area contributed by atoms with Crippen molar-refractivity contribution in [2.24, 2.45) is 0 Å². The summed E-state index contributed by atoms with van der Waals surface area (Å²) in [6.07, 6.45) is 1.58. The van der Waals surface area contributed by atoms with E-state index < -0.39 is 0 Å². The summed E-state index contributed by atoms with van der Waals surface area (Å²) < 4.78 is 5.44. The molecule has 0 heterocycles. The van der Waals surface area contributed by atoms with Crippen LogP contribution in [0.2, 0.25) is 0 Å². The van der Waals surface area contributed by atoms with Gasteiger partial charge in [-0.1, -0.05) is 13.8 Å². The average molecular weight is 216 g/mol. The molecule has 0 bridgehead atoms. The summed E-state index contributed by atoms with van der Waals surface area (Å²) in [5.41, 5.74) is 0. The second-order valence-corrected chi connectivity index (χ2v) is 4.05. The number of rotatable bonds is 10. The molecule has 0 spiro atoms. The molecule has 0 atom stereocenters. The highest BCUT2D eigenvalue weighted by Gasteiger charge is 1.97. The number of ether oxygens (including phenoxy) is 1. The van der Waals surface area contributed by atoms with E-state index in [1.807, 2.05) is 0 Å². The summed E-state index contributed by atoms with van der Waals surface area (Å²) >= 11 is 0. The minimum Gasteiger partial charge on any atom is -0.377 e. The first-order valence-electron chi connectivity index (χ1n) is 6.25. The number of hydrogen-bond donors (Lipinski definition) is 1. The molecule has 1 N–H and O–H groups in total. The SMILES string of the molecule is CCN(CC)CCCNCCOC(C)C. The summed E-state index contributed by atoms with van der Waals surface area (Å²) in [5, 5.41) is 3.39. The van der Waals surface area contributed by atoms with E-state index in [1.54, 1.807) is 0 Å². The molecule has 15 heavy (non-hydrogen) atoms. The van der Waals surface area contributed by atoms with E-state index in [-0.39, 0.29) is 0 Å². The van der Waals surface area contributed by atoms with Crippen LogP contribution in [0, 0.1) is 0 Å². The van der Waals surface area contributed by atoms with Crippen molar-refractivity contribution in [2.75, 3.05) is 39.3 Å². The van der Waals surface area contributed by atoms with Crippen LogP contribution < -0.4 is 5.32 Å². The standard InChI is InChI=1S/C12H28N2O/c1-5-14(6-2)10-7-8-13-9-11-15-12(3)4/h12-13H,5-11H2,1-4H3. The molecule has 0 rings (SSSR count). The topological polar surface area (TPSA) is 24.5 Å². The fraction of sp³-hybridized carbons (Fsp3) is 1.00. The number of nitrogens with zero attached hydrogens (tertiary/aromatic N) is 1. The van der Waals surface area contributed by atoms with Crippen LogP contribution in [0.15, 0.2) is 0 Å². The van der Waals surface area contributed by atoms with E-state index in [0.717, 1.165) is 32.8 Å². The van der Waals surface area contributed by atoms with Crippen molar-refractivity contribution in [1.29, 1.82) is 0 Å². The van der Waals surface area contributed by atoms with Crippen molar-refractivity contribution in [3.63, 3.8) is 0 Å². The molecule has 0 aromatic heterocycles. The first kappa shape index (κ1) is 14.9. The molecule has 0 aliphatic heterocycles. The maximum Gasteiger partial charge on any atom is 0.0594 e. The second kappa shape index (κ2) is 10.4. The quantitative estimate of drug-likeness (QED) is 0.563. The van der Waals surface area contributed by atoms with Crippen molar-refractivity contribution >= 4 is 0 Å². The molecule has 0 aromatic carbocycles. The van der Waals surface area contributed by atoms with Crippen LogP contribution in [0.25, 0.3) is 0 Å². The molecule has 3 nitrogen and oxygen atoms in total. The third-order valence-electron chi connectivity index (χ3n) is 2.45. The van der Waals surface area contributed by atoms with Gasteiger partial charge in [-0.25, -0.2) is 0 Å². The van der Waals surface area contributed by atoms with Crippen molar-refractivity contribution in [2.45, 2.75) is 40.2 Å². The van der Waals surface area contributed by atoms with E-state index in [4.69, 9.17) is 4.74 Å². The van der Waals surface area contributed by atoms with Gasteiger partial charge < -0.3 is 15.0 Å². The molecule has 0 unspecified atom stereocenters. The zero-order valence-corrected chi connectivity index (χ0v) is 10.9. The van der Waals surface area contributed by atoms with E-state index in [1.165, 1.54) is 13.0 Å². The summed E-state index contributed by atoms with van der Waals surface area (Å²) in [6, 6.07) is 0. The van der Waals surface area contributed by atoms with Gasteiger partial charge in [0.2, 0.25) is 0 Å². The lowest BCUT2D eigenvalue weighted by atomic mass is 10.3. The molecule has 0 aliphatic carbocycles. The minimum absolute atomic E-state index is 0.350. The Morgan fingerprint density at radius 3 is 2.33 bits per heavy atom. The monoisotopic (exact) mass is 216 g/mol. The smallest absolute Gasteiger partial charge is 0.0594 e. The molecule has 0 radical (unpaired) electrons. The normalized spacial score (nSPS) is 11.6. The van der Waals surface area contributed by atoms with Gasteiger partial charge in [0.1, 0.15) is 0 Å². The van der Waals surface area contributed by atoms with Gasteiger partial charge in [0.25, 0.3) is 0 Å². The van der Waals surface area contributed by atoms with Gasteiger partial charge >= 0.3 is 0 Å². The Bertz CT molecular complexity index is 125. The first-order valence-corrected chi connectivity index (χ1v) is 6.25. The molecule has 0 saturated carbocycles. The van der Waals surface area contributed by atoms with Crippen LogP contribution in [0.5, 0.6) is 0 Å². The van der Waals surface area contributed by atoms with Gasteiger partial charge in [-0.05, 0) is 46.4 Å². The number of hydrogen-bond acceptors (Lipinski definition) is 3. The van der Waals surface area contributed by atoms with E-state index in [2.05, 4.69) is 37.9 Å². The van der Waals surface area contributed by atoms with Gasteiger partial charge in [0.15, 0.2) is 0 Å². The molecular formula is C12H28N2O. The summed E-state index contributed by atoms with van der Waals surface area (Å²) in [4.78, 5) is 2.45. The fourth-order valence-electron chi connectivity index (χ4n) is 1.46. The Balaban J connectivity index is 3.10. The molecule has 0 saturated heterocycles. The third-order valence-corrected chi connectivity index (χ3v) is 2.45. The molecule has 0 amide bonds. The maximum atomic E-state index is 5.44. The van der Waals surface area contributed by atoms with Crippen LogP contribution in [0.3, 0.4) is 0 Å². The van der Waals surface area contributed by atoms with Crippen molar-refractivity contribution in [3.8, 4) is 0 Å². The Labute approximate surface area is 95.2 Å². The van der Waals surface area contributed by atoms with Crippen LogP contribution in [0.4, 0.5) is 0 Å². The van der Waals surface area contributed by atoms with E-state index in [0.29, 0.717) is 6.10 Å². The Hall–Kier alpha value is -0.120. The van der Waals surface area contributed by atoms with Gasteiger partial charge in [-0.3, -0.25) is 0 Å². The van der Waals surface area contributed by atoms with E-state index >= 15 is 0 Å². The highest BCUT2D eigenvalue weighted by Crippen LogP contribution is 1.89. The lowest BCUT2D eigenvalue weighted by Crippen LogP contribution is -2.28. The van der Waals surface area contributed by atoms with Gasteiger partial charge in [0, 0.05) is 6.54 Å². The van der Waals surface area contributed by atoms with Crippen molar-refractivity contribution in [3.05, 3.63) is 0 Å². The van der Waals surface area contributed by atoms with Crippen molar-refractivity contribution < 1.29 is 4.74 Å². The van der Waals surface area contributed by atoms with Crippen LogP contribution in [-0.4, -0.2) is 50.3 Å². The Morgan fingerprint density at radius 1 is 1.13 bits per heavy atom. The first-order chi connectivity index (χ1) is 7.20. The molecular weight excluding hydrogens is 188 g/mol. The van der Waals surface area contributed by atoms with Crippen molar-refractivity contribution in [1.82, 2.24) is 10.2 Å². The van der Waals surface area contributed by atoms with Crippen LogP contribution >= 0.6 is 0 Å².